The minimum absolute atomic E-state index is 0.225. The summed E-state index contributed by atoms with van der Waals surface area (Å²) in [5, 5.41) is 0.818. The van der Waals surface area contributed by atoms with Gasteiger partial charge in [0.25, 0.3) is 0 Å². The zero-order valence-corrected chi connectivity index (χ0v) is 14.6. The van der Waals surface area contributed by atoms with Gasteiger partial charge in [0.1, 0.15) is 11.5 Å². The molecule has 0 amide bonds. The second kappa shape index (κ2) is 8.16. The van der Waals surface area contributed by atoms with Crippen LogP contribution in [0.4, 0.5) is 0 Å². The maximum Gasteiger partial charge on any atom is 0.356 e. The number of hydrogen-bond donors (Lipinski definition) is 0. The molecule has 1 aliphatic rings. The highest BCUT2D eigenvalue weighted by atomic mass is 16.5. The number of nitrogens with zero attached hydrogens (tertiary/aromatic N) is 1. The van der Waals surface area contributed by atoms with Gasteiger partial charge in [-0.3, -0.25) is 0 Å². The highest BCUT2D eigenvalue weighted by molar-refractivity contribution is 5.94. The van der Waals surface area contributed by atoms with Crippen LogP contribution in [-0.2, 0) is 9.47 Å². The van der Waals surface area contributed by atoms with Gasteiger partial charge in [0.15, 0.2) is 5.69 Å². The first kappa shape index (κ1) is 17.5. The minimum Gasteiger partial charge on any atom is -0.493 e. The first-order chi connectivity index (χ1) is 12.2. The number of carbonyl (C=O) groups is 1. The lowest BCUT2D eigenvalue weighted by Crippen LogP contribution is -2.07. The summed E-state index contributed by atoms with van der Waals surface area (Å²) in [4.78, 5) is 16.2. The van der Waals surface area contributed by atoms with Crippen LogP contribution in [0, 0.1) is 5.92 Å². The molecule has 1 fully saturated rings. The van der Waals surface area contributed by atoms with Crippen molar-refractivity contribution in [3.63, 3.8) is 0 Å². The van der Waals surface area contributed by atoms with Gasteiger partial charge in [-0.2, -0.15) is 0 Å². The number of methoxy groups -OCH3 is 2. The number of carbonyl (C=O) groups excluding carboxylic acids is 1. The molecule has 25 heavy (non-hydrogen) atoms. The van der Waals surface area contributed by atoms with Crippen LogP contribution >= 0.6 is 0 Å². The van der Waals surface area contributed by atoms with E-state index in [1.54, 1.807) is 13.2 Å². The van der Waals surface area contributed by atoms with E-state index in [1.165, 1.54) is 20.0 Å². The molecule has 0 spiro atoms. The number of hydrogen-bond acceptors (Lipinski definition) is 6. The van der Waals surface area contributed by atoms with Crippen molar-refractivity contribution in [3.8, 4) is 11.5 Å². The predicted octanol–water partition coefficient (Wildman–Crippen LogP) is 3.23. The van der Waals surface area contributed by atoms with Gasteiger partial charge < -0.3 is 18.9 Å². The first-order valence-corrected chi connectivity index (χ1v) is 8.49. The Morgan fingerprint density at radius 1 is 1.16 bits per heavy atom. The van der Waals surface area contributed by atoms with Gasteiger partial charge in [0.05, 0.1) is 25.8 Å². The number of rotatable bonds is 9. The minimum atomic E-state index is -0.488. The van der Waals surface area contributed by atoms with Crippen molar-refractivity contribution >= 4 is 16.9 Å². The lowest BCUT2D eigenvalue weighted by atomic mass is 10.1. The Balaban J connectivity index is 1.87. The fourth-order valence-electron chi connectivity index (χ4n) is 2.48. The number of pyridine rings is 1. The zero-order valence-electron chi connectivity index (χ0n) is 14.6. The predicted molar refractivity (Wildman–Crippen MR) is 93.3 cm³/mol. The average Bonchev–Trinajstić information content (AvgIpc) is 3.47. The van der Waals surface area contributed by atoms with Crippen molar-refractivity contribution in [1.82, 2.24) is 4.98 Å². The molecule has 0 saturated heterocycles. The molecule has 1 aromatic heterocycles. The van der Waals surface area contributed by atoms with Crippen LogP contribution in [0.3, 0.4) is 0 Å². The molecule has 134 valence electrons. The summed E-state index contributed by atoms with van der Waals surface area (Å²) >= 11 is 0. The summed E-state index contributed by atoms with van der Waals surface area (Å²) < 4.78 is 21.5. The van der Waals surface area contributed by atoms with Crippen molar-refractivity contribution in [2.75, 3.05) is 34.0 Å². The number of ether oxygens (including phenoxy) is 4. The van der Waals surface area contributed by atoms with Crippen LogP contribution in [0.15, 0.2) is 24.3 Å². The number of fused-ring (bicyclic) bond motifs is 1. The Hall–Kier alpha value is -2.34. The molecule has 6 heteroatoms. The molecule has 1 aliphatic carbocycles. The van der Waals surface area contributed by atoms with Crippen LogP contribution in [0.2, 0.25) is 0 Å². The van der Waals surface area contributed by atoms with Crippen LogP contribution in [0.5, 0.6) is 11.5 Å². The summed E-state index contributed by atoms with van der Waals surface area (Å²) in [7, 11) is 2.99. The van der Waals surface area contributed by atoms with Gasteiger partial charge in [-0.05, 0) is 37.0 Å². The Morgan fingerprint density at radius 3 is 2.72 bits per heavy atom. The highest BCUT2D eigenvalue weighted by Crippen LogP contribution is 2.32. The maximum atomic E-state index is 11.9. The summed E-state index contributed by atoms with van der Waals surface area (Å²) in [6, 6.07) is 7.24. The van der Waals surface area contributed by atoms with Crippen molar-refractivity contribution in [2.24, 2.45) is 5.92 Å². The third kappa shape index (κ3) is 4.60. The van der Waals surface area contributed by atoms with E-state index in [0.717, 1.165) is 24.2 Å². The van der Waals surface area contributed by atoms with E-state index in [1.807, 2.05) is 18.2 Å². The van der Waals surface area contributed by atoms with Crippen LogP contribution in [0.1, 0.15) is 29.8 Å². The normalized spacial score (nSPS) is 13.7. The lowest BCUT2D eigenvalue weighted by molar-refractivity contribution is 0.0594. The van der Waals surface area contributed by atoms with Gasteiger partial charge >= 0.3 is 5.97 Å². The summed E-state index contributed by atoms with van der Waals surface area (Å²) in [5.41, 5.74) is 0.895. The number of aromatic nitrogens is 1. The molecule has 0 atom stereocenters. The standard InChI is InChI=1S/C19H23NO5/c1-22-8-3-9-24-18-11-17(19(21)23-2)20-16-7-6-14(10-15(16)18)25-12-13-4-5-13/h6-7,10-11,13H,3-5,8-9,12H2,1-2H3. The number of benzene rings is 1. The van der Waals surface area contributed by atoms with E-state index in [2.05, 4.69) is 4.98 Å². The molecule has 6 nitrogen and oxygen atoms in total. The molecular weight excluding hydrogens is 322 g/mol. The quantitative estimate of drug-likeness (QED) is 0.513. The lowest BCUT2D eigenvalue weighted by Gasteiger charge is -2.12. The van der Waals surface area contributed by atoms with E-state index >= 15 is 0 Å². The number of esters is 1. The average molecular weight is 345 g/mol. The van der Waals surface area contributed by atoms with Gasteiger partial charge in [0, 0.05) is 31.6 Å². The van der Waals surface area contributed by atoms with Crippen LogP contribution in [-0.4, -0.2) is 45.0 Å². The molecule has 0 bridgehead atoms. The molecule has 0 unspecified atom stereocenters. The smallest absolute Gasteiger partial charge is 0.356 e. The largest absolute Gasteiger partial charge is 0.493 e. The third-order valence-electron chi connectivity index (χ3n) is 4.07. The fraction of sp³-hybridized carbons (Fsp3) is 0.474. The molecule has 1 heterocycles. The molecule has 0 aliphatic heterocycles. The van der Waals surface area contributed by atoms with Crippen molar-refractivity contribution < 1.29 is 23.7 Å². The Bertz CT molecular complexity index is 742. The monoisotopic (exact) mass is 345 g/mol. The van der Waals surface area contributed by atoms with Gasteiger partial charge in [-0.1, -0.05) is 0 Å². The van der Waals surface area contributed by atoms with E-state index in [9.17, 15) is 4.79 Å². The summed E-state index contributed by atoms with van der Waals surface area (Å²) in [6.07, 6.45) is 3.24. The molecule has 1 aromatic carbocycles. The molecule has 2 aromatic rings. The SMILES string of the molecule is COCCCOc1cc(C(=O)OC)nc2ccc(OCC3CC3)cc12. The third-order valence-corrected chi connectivity index (χ3v) is 4.07. The molecule has 0 radical (unpaired) electrons. The van der Waals surface area contributed by atoms with Crippen LogP contribution < -0.4 is 9.47 Å². The highest BCUT2D eigenvalue weighted by Gasteiger charge is 2.22. The van der Waals surface area contributed by atoms with Gasteiger partial charge in [-0.25, -0.2) is 9.78 Å². The summed E-state index contributed by atoms with van der Waals surface area (Å²) in [5.74, 6) is 1.57. The van der Waals surface area contributed by atoms with Crippen molar-refractivity contribution in [2.45, 2.75) is 19.3 Å². The Kier molecular flexibility index (Phi) is 5.71. The molecule has 3 rings (SSSR count). The molecule has 0 N–H and O–H groups in total. The van der Waals surface area contributed by atoms with E-state index in [0.29, 0.717) is 30.4 Å². The maximum absolute atomic E-state index is 11.9. The van der Waals surface area contributed by atoms with E-state index < -0.39 is 5.97 Å². The second-order valence-electron chi connectivity index (χ2n) is 6.13. The van der Waals surface area contributed by atoms with Crippen molar-refractivity contribution in [3.05, 3.63) is 30.0 Å². The van der Waals surface area contributed by atoms with Crippen LogP contribution in [0.25, 0.3) is 10.9 Å². The van der Waals surface area contributed by atoms with E-state index in [-0.39, 0.29) is 5.69 Å². The van der Waals surface area contributed by atoms with Gasteiger partial charge in [0.2, 0.25) is 0 Å². The topological polar surface area (TPSA) is 66.9 Å². The Labute approximate surface area is 147 Å². The zero-order chi connectivity index (χ0) is 17.6. The van der Waals surface area contributed by atoms with E-state index in [4.69, 9.17) is 18.9 Å². The second-order valence-corrected chi connectivity index (χ2v) is 6.13. The van der Waals surface area contributed by atoms with Gasteiger partial charge in [-0.15, -0.1) is 0 Å². The first-order valence-electron chi connectivity index (χ1n) is 8.49. The molecule has 1 saturated carbocycles. The summed E-state index contributed by atoms with van der Waals surface area (Å²) in [6.45, 7) is 1.84. The fourth-order valence-corrected chi connectivity index (χ4v) is 2.48. The Morgan fingerprint density at radius 2 is 2.00 bits per heavy atom. The molecular formula is C19H23NO5. The van der Waals surface area contributed by atoms with Crippen molar-refractivity contribution in [1.29, 1.82) is 0 Å².